The number of amides is 1. The molecule has 39 heavy (non-hydrogen) atoms. The molecule has 5 rings (SSSR count). The fraction of sp³-hybridized carbons (Fsp3) is 0.357. The van der Waals surface area contributed by atoms with Gasteiger partial charge in [-0.15, -0.1) is 0 Å². The number of carbonyl (C=O) groups excluding carboxylic acids is 1. The van der Waals surface area contributed by atoms with Crippen molar-refractivity contribution in [2.75, 3.05) is 11.9 Å². The van der Waals surface area contributed by atoms with Crippen molar-refractivity contribution in [2.45, 2.75) is 50.8 Å². The first-order valence-electron chi connectivity index (χ1n) is 12.9. The number of carbonyl (C=O) groups is 1. The highest BCUT2D eigenvalue weighted by molar-refractivity contribution is 6.31. The number of anilines is 1. The second kappa shape index (κ2) is 11.1. The number of rotatable bonds is 8. The number of benzene rings is 2. The van der Waals surface area contributed by atoms with E-state index < -0.39 is 23.5 Å². The number of aliphatic hydroxyl groups is 1. The second-order valence-electron chi connectivity index (χ2n) is 10.2. The summed E-state index contributed by atoms with van der Waals surface area (Å²) in [4.78, 5) is 30.1. The van der Waals surface area contributed by atoms with Crippen LogP contribution in [0.25, 0.3) is 11.2 Å². The lowest BCUT2D eigenvalue weighted by Gasteiger charge is -2.48. The highest BCUT2D eigenvalue weighted by atomic mass is 35.5. The van der Waals surface area contributed by atoms with Gasteiger partial charge in [0.2, 0.25) is 11.9 Å². The summed E-state index contributed by atoms with van der Waals surface area (Å²) in [5.74, 6) is -0.467. The quantitative estimate of drug-likeness (QED) is 0.204. The molecule has 5 atom stereocenters. The van der Waals surface area contributed by atoms with Gasteiger partial charge in [0.25, 0.3) is 0 Å². The molecule has 0 spiro atoms. The van der Waals surface area contributed by atoms with Crippen LogP contribution in [0.5, 0.6) is 0 Å². The minimum absolute atomic E-state index is 0.297. The summed E-state index contributed by atoms with van der Waals surface area (Å²) in [5.41, 5.74) is 8.72. The fourth-order valence-corrected chi connectivity index (χ4v) is 5.85. The third-order valence-corrected chi connectivity index (χ3v) is 8.27. The Bertz CT molecular complexity index is 1480. The first-order chi connectivity index (χ1) is 18.7. The number of aromatic nitrogens is 4. The molecule has 1 fully saturated rings. The summed E-state index contributed by atoms with van der Waals surface area (Å²) in [6.07, 6.45) is 1.97. The normalized spacial score (nSPS) is 24.0. The predicted octanol–water partition coefficient (Wildman–Crippen LogP) is 4.89. The van der Waals surface area contributed by atoms with Crippen molar-refractivity contribution in [2.24, 2.45) is 11.1 Å². The van der Waals surface area contributed by atoms with Gasteiger partial charge in [0.05, 0.1) is 29.6 Å². The van der Waals surface area contributed by atoms with Crippen molar-refractivity contribution in [3.8, 4) is 0 Å². The van der Waals surface area contributed by atoms with Gasteiger partial charge in [-0.1, -0.05) is 67.4 Å². The molecule has 1 aliphatic heterocycles. The minimum atomic E-state index is -1.01. The number of nitrogens with zero attached hydrogens (tertiary/aromatic N) is 3. The van der Waals surface area contributed by atoms with Gasteiger partial charge in [0, 0.05) is 28.5 Å². The minimum Gasteiger partial charge on any atom is -0.391 e. The molecule has 11 heteroatoms. The fourth-order valence-electron chi connectivity index (χ4n) is 5.47. The molecule has 4 aromatic rings. The van der Waals surface area contributed by atoms with Crippen LogP contribution in [-0.2, 0) is 4.79 Å². The Hall–Kier alpha value is -3.24. The molecule has 1 saturated heterocycles. The molecule has 0 bridgehead atoms. The van der Waals surface area contributed by atoms with Crippen LogP contribution in [0.3, 0.4) is 0 Å². The van der Waals surface area contributed by atoms with Crippen molar-refractivity contribution in [3.63, 3.8) is 0 Å². The van der Waals surface area contributed by atoms with Gasteiger partial charge in [-0.3, -0.25) is 4.79 Å². The molecule has 0 radical (unpaired) electrons. The third-order valence-electron chi connectivity index (χ3n) is 7.67. The molecule has 2 aromatic carbocycles. The molecule has 2 aromatic heterocycles. The number of H-pyrrole nitrogens is 1. The number of halogens is 2. The van der Waals surface area contributed by atoms with Crippen LogP contribution in [0, 0.1) is 5.41 Å². The number of piperidine rings is 1. The number of nitrogens with two attached hydrogens (primary N) is 1. The topological polar surface area (TPSA) is 142 Å². The molecule has 1 aliphatic rings. The Balaban J connectivity index is 1.64. The number of imidazole rings is 1. The number of nitrogens with one attached hydrogen (secondary N) is 3. The largest absolute Gasteiger partial charge is 0.391 e. The van der Waals surface area contributed by atoms with Crippen LogP contribution in [0.4, 0.5) is 5.95 Å². The van der Waals surface area contributed by atoms with Gasteiger partial charge < -0.3 is 26.5 Å². The number of aliphatic hydroxyl groups excluding tert-OH is 1. The SMILES string of the molecule is CC[C@@H](O)CNc1nc(C2CC(C)(C(N)=O)C(c3ccccc3Cl)C(c3ccc(Cl)cc3)N2)c2[nH]cnc2n1. The van der Waals surface area contributed by atoms with Crippen molar-refractivity contribution in [1.29, 1.82) is 0 Å². The number of hydrogen-bond donors (Lipinski definition) is 5. The molecule has 3 heterocycles. The maximum Gasteiger partial charge on any atom is 0.225 e. The van der Waals surface area contributed by atoms with Gasteiger partial charge >= 0.3 is 0 Å². The van der Waals surface area contributed by atoms with Gasteiger partial charge in [0.1, 0.15) is 5.52 Å². The summed E-state index contributed by atoms with van der Waals surface area (Å²) in [6, 6.07) is 14.3. The maximum absolute atomic E-state index is 13.3. The Labute approximate surface area is 236 Å². The summed E-state index contributed by atoms with van der Waals surface area (Å²) >= 11 is 12.9. The van der Waals surface area contributed by atoms with Gasteiger partial charge in [-0.25, -0.2) is 9.97 Å². The molecular weight excluding hydrogens is 537 g/mol. The zero-order chi connectivity index (χ0) is 27.7. The van der Waals surface area contributed by atoms with Crippen LogP contribution in [0.15, 0.2) is 54.9 Å². The van der Waals surface area contributed by atoms with E-state index in [0.717, 1.165) is 11.1 Å². The van der Waals surface area contributed by atoms with Crippen LogP contribution in [0.2, 0.25) is 10.0 Å². The smallest absolute Gasteiger partial charge is 0.225 e. The second-order valence-corrected chi connectivity index (χ2v) is 11.1. The van der Waals surface area contributed by atoms with E-state index in [0.29, 0.717) is 52.2 Å². The molecule has 204 valence electrons. The zero-order valence-electron chi connectivity index (χ0n) is 21.7. The molecule has 9 nitrogen and oxygen atoms in total. The highest BCUT2D eigenvalue weighted by Crippen LogP contribution is 2.54. The molecule has 0 saturated carbocycles. The number of fused-ring (bicyclic) bond motifs is 1. The van der Waals surface area contributed by atoms with E-state index in [1.54, 1.807) is 6.33 Å². The average molecular weight is 569 g/mol. The van der Waals surface area contributed by atoms with E-state index in [2.05, 4.69) is 25.6 Å². The van der Waals surface area contributed by atoms with Crippen LogP contribution in [-0.4, -0.2) is 43.6 Å². The Morgan fingerprint density at radius 2 is 1.95 bits per heavy atom. The lowest BCUT2D eigenvalue weighted by Crippen LogP contribution is -2.52. The molecule has 1 amide bonds. The maximum atomic E-state index is 13.3. The van der Waals surface area contributed by atoms with E-state index >= 15 is 0 Å². The first kappa shape index (κ1) is 27.3. The monoisotopic (exact) mass is 567 g/mol. The number of hydrogen-bond acceptors (Lipinski definition) is 7. The highest BCUT2D eigenvalue weighted by Gasteiger charge is 2.52. The first-order valence-corrected chi connectivity index (χ1v) is 13.7. The van der Waals surface area contributed by atoms with E-state index in [-0.39, 0.29) is 12.0 Å². The molecule has 0 aliphatic carbocycles. The van der Waals surface area contributed by atoms with Gasteiger partial charge in [-0.05, 0) is 42.2 Å². The molecular formula is C28H31Cl2N7O2. The summed E-state index contributed by atoms with van der Waals surface area (Å²) in [5, 5.41) is 18.1. The summed E-state index contributed by atoms with van der Waals surface area (Å²) < 4.78 is 0. The Morgan fingerprint density at radius 1 is 1.21 bits per heavy atom. The lowest BCUT2D eigenvalue weighted by molar-refractivity contribution is -0.131. The third kappa shape index (κ3) is 5.32. The van der Waals surface area contributed by atoms with Crippen molar-refractivity contribution in [1.82, 2.24) is 25.3 Å². The van der Waals surface area contributed by atoms with E-state index in [1.165, 1.54) is 0 Å². The van der Waals surface area contributed by atoms with Crippen LogP contribution in [0.1, 0.15) is 61.5 Å². The zero-order valence-corrected chi connectivity index (χ0v) is 23.2. The van der Waals surface area contributed by atoms with Crippen molar-refractivity contribution >= 4 is 46.2 Å². The predicted molar refractivity (Wildman–Crippen MR) is 153 cm³/mol. The van der Waals surface area contributed by atoms with Gasteiger partial charge in [-0.2, -0.15) is 4.98 Å². The molecule has 4 unspecified atom stereocenters. The Kier molecular flexibility index (Phi) is 7.77. The van der Waals surface area contributed by atoms with Crippen molar-refractivity contribution < 1.29 is 9.90 Å². The van der Waals surface area contributed by atoms with E-state index in [9.17, 15) is 9.90 Å². The van der Waals surface area contributed by atoms with Crippen molar-refractivity contribution in [3.05, 3.63) is 81.7 Å². The summed E-state index contributed by atoms with van der Waals surface area (Å²) in [7, 11) is 0. The number of primary amides is 1. The van der Waals surface area contributed by atoms with Gasteiger partial charge in [0.15, 0.2) is 5.65 Å². The molecule has 6 N–H and O–H groups in total. The Morgan fingerprint density at radius 3 is 2.64 bits per heavy atom. The number of aromatic amines is 1. The van der Waals surface area contributed by atoms with E-state index in [1.807, 2.05) is 62.4 Å². The van der Waals surface area contributed by atoms with E-state index in [4.69, 9.17) is 33.9 Å². The lowest BCUT2D eigenvalue weighted by atomic mass is 9.62. The average Bonchev–Trinajstić information content (AvgIpc) is 3.40. The van der Waals surface area contributed by atoms with Crippen LogP contribution < -0.4 is 16.4 Å². The standard InChI is InChI=1S/C28H31Cl2N7O2/c1-3-17(38)13-32-27-36-23(24-25(37-27)34-14-33-24)20-12-28(2,26(31)39)21(18-6-4-5-7-19(18)30)22(35-20)15-8-10-16(29)11-9-15/h4-11,14,17,20-22,35,38H,3,12-13H2,1-2H3,(H2,31,39)(H2,32,33,34,36,37)/t17-,20?,21?,22?,28?/m1/s1. The van der Waals surface area contributed by atoms with Crippen LogP contribution >= 0.6 is 23.2 Å². The summed E-state index contributed by atoms with van der Waals surface area (Å²) in [6.45, 7) is 4.09.